The number of pyridine rings is 1. The van der Waals surface area contributed by atoms with E-state index in [9.17, 15) is 4.39 Å². The molecule has 0 spiro atoms. The van der Waals surface area contributed by atoms with Crippen molar-refractivity contribution < 1.29 is 4.39 Å². The normalized spacial score (nSPS) is 11.5. The second-order valence-corrected chi connectivity index (χ2v) is 6.81. The minimum absolute atomic E-state index is 0.220. The van der Waals surface area contributed by atoms with E-state index in [1.54, 1.807) is 23.9 Å². The summed E-state index contributed by atoms with van der Waals surface area (Å²) in [5.74, 6) is -0.220. The van der Waals surface area contributed by atoms with E-state index in [4.69, 9.17) is 0 Å². The van der Waals surface area contributed by atoms with Crippen molar-refractivity contribution in [1.82, 2.24) is 19.7 Å². The summed E-state index contributed by atoms with van der Waals surface area (Å²) in [5.41, 5.74) is 0.909. The van der Waals surface area contributed by atoms with Crippen LogP contribution in [0.1, 0.15) is 6.42 Å². The summed E-state index contributed by atoms with van der Waals surface area (Å²) in [5, 5.41) is 5.46. The van der Waals surface area contributed by atoms with Crippen molar-refractivity contribution in [1.29, 1.82) is 0 Å². The minimum Gasteiger partial charge on any atom is -0.309 e. The average Bonchev–Trinajstić information content (AvgIpc) is 2.92. The molecule has 0 N–H and O–H groups in total. The quantitative estimate of drug-likeness (QED) is 0.690. The van der Waals surface area contributed by atoms with Crippen LogP contribution in [0.15, 0.2) is 52.5 Å². The lowest BCUT2D eigenvalue weighted by atomic mass is 10.3. The van der Waals surface area contributed by atoms with Gasteiger partial charge >= 0.3 is 0 Å². The lowest BCUT2D eigenvalue weighted by Gasteiger charge is -2.09. The second kappa shape index (κ2) is 7.10. The van der Waals surface area contributed by atoms with Crippen LogP contribution >= 0.6 is 11.8 Å². The summed E-state index contributed by atoms with van der Waals surface area (Å²) in [7, 11) is 4.14. The molecule has 0 saturated carbocycles. The number of hydrogen-bond acceptors (Lipinski definition) is 4. The zero-order valence-electron chi connectivity index (χ0n) is 13.2. The molecule has 0 radical (unpaired) electrons. The molecule has 0 saturated heterocycles. The van der Waals surface area contributed by atoms with E-state index in [0.29, 0.717) is 0 Å². The predicted octanol–water partition coefficient (Wildman–Crippen LogP) is 3.67. The van der Waals surface area contributed by atoms with Crippen LogP contribution in [-0.2, 0) is 6.54 Å². The zero-order chi connectivity index (χ0) is 16.2. The molecule has 0 unspecified atom stereocenters. The molecule has 0 bridgehead atoms. The third kappa shape index (κ3) is 4.09. The summed E-state index contributed by atoms with van der Waals surface area (Å²) in [6.45, 7) is 1.89. The van der Waals surface area contributed by atoms with Gasteiger partial charge in [-0.05, 0) is 57.4 Å². The molecule has 6 heteroatoms. The molecule has 0 atom stereocenters. The molecule has 0 fully saturated rings. The molecule has 4 nitrogen and oxygen atoms in total. The highest BCUT2D eigenvalue weighted by Gasteiger charge is 2.06. The van der Waals surface area contributed by atoms with E-state index in [0.717, 1.165) is 40.3 Å². The molecule has 0 aliphatic carbocycles. The number of benzene rings is 1. The van der Waals surface area contributed by atoms with Gasteiger partial charge in [-0.25, -0.2) is 14.1 Å². The maximum atomic E-state index is 13.0. The molecule has 0 aliphatic heterocycles. The SMILES string of the molecule is CN(C)CCCn1ncc2cc(Sc3ccc(F)cc3)cnc21. The number of nitrogens with zero attached hydrogens (tertiary/aromatic N) is 4. The lowest BCUT2D eigenvalue weighted by molar-refractivity contribution is 0.382. The van der Waals surface area contributed by atoms with Gasteiger partial charge in [-0.2, -0.15) is 5.10 Å². The Labute approximate surface area is 139 Å². The van der Waals surface area contributed by atoms with Gasteiger partial charge in [-0.3, -0.25) is 0 Å². The van der Waals surface area contributed by atoms with E-state index >= 15 is 0 Å². The molecular weight excluding hydrogens is 311 g/mol. The fraction of sp³-hybridized carbons (Fsp3) is 0.294. The molecule has 3 aromatic rings. The molecule has 1 aromatic carbocycles. The van der Waals surface area contributed by atoms with Crippen molar-refractivity contribution in [3.8, 4) is 0 Å². The molecule has 0 amide bonds. The first-order valence-electron chi connectivity index (χ1n) is 7.51. The Morgan fingerprint density at radius 3 is 2.65 bits per heavy atom. The van der Waals surface area contributed by atoms with Crippen LogP contribution in [0.3, 0.4) is 0 Å². The van der Waals surface area contributed by atoms with Gasteiger partial charge in [0.1, 0.15) is 5.82 Å². The minimum atomic E-state index is -0.220. The maximum absolute atomic E-state index is 13.0. The highest BCUT2D eigenvalue weighted by atomic mass is 32.2. The van der Waals surface area contributed by atoms with Crippen molar-refractivity contribution in [3.63, 3.8) is 0 Å². The summed E-state index contributed by atoms with van der Waals surface area (Å²) >= 11 is 1.57. The third-order valence-corrected chi connectivity index (χ3v) is 4.44. The first-order chi connectivity index (χ1) is 11.1. The molecule has 23 heavy (non-hydrogen) atoms. The van der Waals surface area contributed by atoms with Crippen LogP contribution in [0.5, 0.6) is 0 Å². The van der Waals surface area contributed by atoms with Gasteiger partial charge in [0.15, 0.2) is 5.65 Å². The molecule has 120 valence electrons. The van der Waals surface area contributed by atoms with Crippen molar-refractivity contribution >= 4 is 22.8 Å². The van der Waals surface area contributed by atoms with Gasteiger partial charge in [0.05, 0.1) is 6.20 Å². The Hall–Kier alpha value is -1.92. The monoisotopic (exact) mass is 330 g/mol. The topological polar surface area (TPSA) is 34.0 Å². The number of aryl methyl sites for hydroxylation is 1. The van der Waals surface area contributed by atoms with E-state index in [-0.39, 0.29) is 5.82 Å². The largest absolute Gasteiger partial charge is 0.309 e. The van der Waals surface area contributed by atoms with Crippen molar-refractivity contribution in [3.05, 3.63) is 48.5 Å². The third-order valence-electron chi connectivity index (χ3n) is 3.48. The number of halogens is 1. The molecule has 0 aliphatic rings. The highest BCUT2D eigenvalue weighted by Crippen LogP contribution is 2.29. The van der Waals surface area contributed by atoms with E-state index in [1.807, 2.05) is 17.1 Å². The van der Waals surface area contributed by atoms with Crippen LogP contribution in [-0.4, -0.2) is 40.3 Å². The van der Waals surface area contributed by atoms with E-state index in [2.05, 4.69) is 35.1 Å². The Morgan fingerprint density at radius 1 is 1.13 bits per heavy atom. The van der Waals surface area contributed by atoms with Crippen LogP contribution < -0.4 is 0 Å². The average molecular weight is 330 g/mol. The highest BCUT2D eigenvalue weighted by molar-refractivity contribution is 7.99. The van der Waals surface area contributed by atoms with Crippen molar-refractivity contribution in [2.75, 3.05) is 20.6 Å². The molecule has 2 aromatic heterocycles. The number of rotatable bonds is 6. The predicted molar refractivity (Wildman–Crippen MR) is 91.2 cm³/mol. The summed E-state index contributed by atoms with van der Waals surface area (Å²) < 4.78 is 14.9. The van der Waals surface area contributed by atoms with Gasteiger partial charge in [0, 0.05) is 27.9 Å². The Kier molecular flexibility index (Phi) is 4.93. The molecular formula is C17H19FN4S. The number of fused-ring (bicyclic) bond motifs is 1. The van der Waals surface area contributed by atoms with E-state index in [1.165, 1.54) is 12.1 Å². The van der Waals surface area contributed by atoms with E-state index < -0.39 is 0 Å². The maximum Gasteiger partial charge on any atom is 0.157 e. The molecule has 3 rings (SSSR count). The first kappa shape index (κ1) is 16.0. The fourth-order valence-corrected chi connectivity index (χ4v) is 3.18. The van der Waals surface area contributed by atoms with Crippen LogP contribution in [0.4, 0.5) is 4.39 Å². The number of hydrogen-bond donors (Lipinski definition) is 0. The zero-order valence-corrected chi connectivity index (χ0v) is 14.1. The van der Waals surface area contributed by atoms with Gasteiger partial charge in [0.2, 0.25) is 0 Å². The standard InChI is InChI=1S/C17H19FN4S/c1-21(2)8-3-9-22-17-13(11-20-22)10-16(12-19-17)23-15-6-4-14(18)5-7-15/h4-7,10-12H,3,8-9H2,1-2H3. The van der Waals surface area contributed by atoms with Gasteiger partial charge < -0.3 is 4.90 Å². The summed E-state index contributed by atoms with van der Waals surface area (Å²) in [6.07, 6.45) is 4.74. The smallest absolute Gasteiger partial charge is 0.157 e. The molecule has 2 heterocycles. The second-order valence-electron chi connectivity index (χ2n) is 5.66. The van der Waals surface area contributed by atoms with Crippen LogP contribution in [0.25, 0.3) is 11.0 Å². The Morgan fingerprint density at radius 2 is 1.91 bits per heavy atom. The van der Waals surface area contributed by atoms with Crippen LogP contribution in [0, 0.1) is 5.82 Å². The summed E-state index contributed by atoms with van der Waals surface area (Å²) in [4.78, 5) is 8.72. The Bertz CT molecular complexity index is 783. The van der Waals surface area contributed by atoms with Crippen molar-refractivity contribution in [2.24, 2.45) is 0 Å². The summed E-state index contributed by atoms with van der Waals surface area (Å²) in [6, 6.07) is 8.56. The Balaban J connectivity index is 1.73. The van der Waals surface area contributed by atoms with Gasteiger partial charge in [0.25, 0.3) is 0 Å². The fourth-order valence-electron chi connectivity index (χ4n) is 2.35. The first-order valence-corrected chi connectivity index (χ1v) is 8.33. The van der Waals surface area contributed by atoms with Gasteiger partial charge in [-0.15, -0.1) is 0 Å². The lowest BCUT2D eigenvalue weighted by Crippen LogP contribution is -2.15. The number of aromatic nitrogens is 3. The van der Waals surface area contributed by atoms with Crippen LogP contribution in [0.2, 0.25) is 0 Å². The van der Waals surface area contributed by atoms with Crippen molar-refractivity contribution in [2.45, 2.75) is 22.8 Å². The van der Waals surface area contributed by atoms with Gasteiger partial charge in [-0.1, -0.05) is 11.8 Å².